The summed E-state index contributed by atoms with van der Waals surface area (Å²) in [6, 6.07) is 24.1. The van der Waals surface area contributed by atoms with Crippen molar-refractivity contribution in [1.29, 1.82) is 0 Å². The molecule has 3 aromatic carbocycles. The van der Waals surface area contributed by atoms with Gasteiger partial charge in [0.05, 0.1) is 5.30 Å². The Bertz CT molecular complexity index is 952. The molecular formula is C22H19O4P. The normalized spacial score (nSPS) is 10.9. The molecule has 0 spiro atoms. The molecule has 0 aliphatic rings. The van der Waals surface area contributed by atoms with E-state index in [2.05, 4.69) is 6.58 Å². The van der Waals surface area contributed by atoms with E-state index >= 15 is 0 Å². The van der Waals surface area contributed by atoms with E-state index in [4.69, 9.17) is 9.05 Å². The largest absolute Gasteiger partial charge is 0.463 e. The molecule has 0 unspecified atom stereocenters. The van der Waals surface area contributed by atoms with Crippen LogP contribution in [0.25, 0.3) is 0 Å². The van der Waals surface area contributed by atoms with E-state index in [0.29, 0.717) is 17.1 Å². The number of hydrogen-bond acceptors (Lipinski definition) is 4. The van der Waals surface area contributed by atoms with Gasteiger partial charge in [-0.05, 0) is 42.8 Å². The summed E-state index contributed by atoms with van der Waals surface area (Å²) < 4.78 is 25.5. The average Bonchev–Trinajstić information content (AvgIpc) is 2.69. The lowest BCUT2D eigenvalue weighted by atomic mass is 10.1. The molecule has 0 amide bonds. The first-order valence-electron chi connectivity index (χ1n) is 8.39. The molecule has 3 aromatic rings. The molecule has 0 saturated heterocycles. The van der Waals surface area contributed by atoms with Crippen LogP contribution in [-0.2, 0) is 4.57 Å². The van der Waals surface area contributed by atoms with Gasteiger partial charge in [0.1, 0.15) is 11.5 Å². The third-order valence-electron chi connectivity index (χ3n) is 3.77. The lowest BCUT2D eigenvalue weighted by molar-refractivity contribution is 0.103. The Morgan fingerprint density at radius 2 is 1.22 bits per heavy atom. The van der Waals surface area contributed by atoms with Crippen molar-refractivity contribution in [3.8, 4) is 11.5 Å². The number of benzene rings is 3. The first-order chi connectivity index (χ1) is 13.0. The second kappa shape index (κ2) is 8.07. The zero-order valence-electron chi connectivity index (χ0n) is 14.9. The van der Waals surface area contributed by atoms with Gasteiger partial charge in [-0.15, -0.1) is 0 Å². The second-order valence-electron chi connectivity index (χ2n) is 5.93. The van der Waals surface area contributed by atoms with E-state index in [1.54, 1.807) is 79.7 Å². The van der Waals surface area contributed by atoms with E-state index in [0.717, 1.165) is 0 Å². The van der Waals surface area contributed by atoms with Crippen LogP contribution in [0.2, 0.25) is 0 Å². The van der Waals surface area contributed by atoms with E-state index in [1.807, 2.05) is 12.1 Å². The Kier molecular flexibility index (Phi) is 5.58. The third-order valence-corrected chi connectivity index (χ3v) is 5.65. The molecule has 0 aliphatic heterocycles. The van der Waals surface area contributed by atoms with Gasteiger partial charge >= 0.3 is 7.60 Å². The van der Waals surface area contributed by atoms with Crippen molar-refractivity contribution in [3.63, 3.8) is 0 Å². The van der Waals surface area contributed by atoms with Crippen LogP contribution in [0.1, 0.15) is 17.3 Å². The topological polar surface area (TPSA) is 52.6 Å². The highest BCUT2D eigenvalue weighted by molar-refractivity contribution is 7.63. The number of rotatable bonds is 7. The van der Waals surface area contributed by atoms with Crippen molar-refractivity contribution in [2.24, 2.45) is 0 Å². The highest BCUT2D eigenvalue weighted by Crippen LogP contribution is 2.48. The molecule has 0 aromatic heterocycles. The predicted octanol–water partition coefficient (Wildman–Crippen LogP) is 5.42. The van der Waals surface area contributed by atoms with E-state index in [9.17, 15) is 9.36 Å². The van der Waals surface area contributed by atoms with Gasteiger partial charge in [-0.25, -0.2) is 4.57 Å². The molecule has 5 heteroatoms. The molecule has 0 aliphatic carbocycles. The van der Waals surface area contributed by atoms with Crippen molar-refractivity contribution in [2.45, 2.75) is 6.92 Å². The minimum atomic E-state index is -3.91. The summed E-state index contributed by atoms with van der Waals surface area (Å²) in [5.41, 5.74) is 0.591. The van der Waals surface area contributed by atoms with Crippen LogP contribution in [0.3, 0.4) is 0 Å². The molecule has 0 fully saturated rings. The molecule has 0 radical (unpaired) electrons. The number of carbonyl (C=O) groups is 1. The Morgan fingerprint density at radius 3 is 1.70 bits per heavy atom. The number of hydrogen-bond donors (Lipinski definition) is 0. The first kappa shape index (κ1) is 18.7. The van der Waals surface area contributed by atoms with Gasteiger partial charge in [0.25, 0.3) is 0 Å². The molecule has 4 nitrogen and oxygen atoms in total. The van der Waals surface area contributed by atoms with E-state index < -0.39 is 7.60 Å². The van der Waals surface area contributed by atoms with Gasteiger partial charge in [0.15, 0.2) is 5.78 Å². The van der Waals surface area contributed by atoms with Gasteiger partial charge in [0.2, 0.25) is 0 Å². The fourth-order valence-corrected chi connectivity index (χ4v) is 4.26. The number of allylic oxidation sites excluding steroid dienone is 1. The molecule has 3 rings (SSSR count). The number of carbonyl (C=O) groups excluding carboxylic acids is 1. The fourth-order valence-electron chi connectivity index (χ4n) is 2.49. The highest BCUT2D eigenvalue weighted by atomic mass is 31.2. The monoisotopic (exact) mass is 378 g/mol. The molecule has 27 heavy (non-hydrogen) atoms. The maximum Gasteiger partial charge on any atom is 0.463 e. The maximum absolute atomic E-state index is 13.9. The van der Waals surface area contributed by atoms with Crippen LogP contribution >= 0.6 is 7.60 Å². The van der Waals surface area contributed by atoms with Crippen LogP contribution < -0.4 is 14.4 Å². The molecular weight excluding hydrogens is 359 g/mol. The van der Waals surface area contributed by atoms with Crippen molar-refractivity contribution in [2.75, 3.05) is 0 Å². The smallest absolute Gasteiger partial charge is 0.413 e. The predicted molar refractivity (Wildman–Crippen MR) is 107 cm³/mol. The van der Waals surface area contributed by atoms with Crippen LogP contribution in [0.15, 0.2) is 97.1 Å². The minimum Gasteiger partial charge on any atom is -0.413 e. The van der Waals surface area contributed by atoms with Crippen LogP contribution in [0, 0.1) is 0 Å². The SMILES string of the molecule is C=C(C)C(=O)c1ccccc1P(=O)(Oc1ccccc1)Oc1ccccc1. The molecule has 0 heterocycles. The first-order valence-corrected chi connectivity index (χ1v) is 9.93. The quantitative estimate of drug-likeness (QED) is 0.313. The molecule has 0 N–H and O–H groups in total. The van der Waals surface area contributed by atoms with Crippen molar-refractivity contribution < 1.29 is 18.4 Å². The van der Waals surface area contributed by atoms with Crippen LogP contribution in [-0.4, -0.2) is 5.78 Å². The number of para-hydroxylation sites is 2. The summed E-state index contributed by atoms with van der Waals surface area (Å²) >= 11 is 0. The zero-order chi connectivity index (χ0) is 19.3. The maximum atomic E-state index is 13.9. The van der Waals surface area contributed by atoms with E-state index in [-0.39, 0.29) is 16.7 Å². The minimum absolute atomic E-state index is 0.200. The van der Waals surface area contributed by atoms with Gasteiger partial charge in [-0.2, -0.15) is 0 Å². The van der Waals surface area contributed by atoms with E-state index in [1.165, 1.54) is 0 Å². The van der Waals surface area contributed by atoms with Crippen molar-refractivity contribution in [1.82, 2.24) is 0 Å². The molecule has 0 bridgehead atoms. The Morgan fingerprint density at radius 1 is 0.778 bits per heavy atom. The Balaban J connectivity index is 2.12. The summed E-state index contributed by atoms with van der Waals surface area (Å²) in [5, 5.41) is 0.200. The molecule has 136 valence electrons. The standard InChI is InChI=1S/C22H19O4P/c1-17(2)22(23)20-15-9-10-16-21(20)27(24,25-18-11-5-3-6-12-18)26-19-13-7-4-8-14-19/h3-16H,1H2,2H3. The fraction of sp³-hybridized carbons (Fsp3) is 0.0455. The Labute approximate surface area is 158 Å². The van der Waals surface area contributed by atoms with Crippen molar-refractivity contribution >= 4 is 18.7 Å². The summed E-state index contributed by atoms with van der Waals surface area (Å²) in [6.07, 6.45) is 0. The summed E-state index contributed by atoms with van der Waals surface area (Å²) in [6.45, 7) is 5.31. The Hall–Kier alpha value is -3.10. The van der Waals surface area contributed by atoms with Gasteiger partial charge in [-0.1, -0.05) is 61.2 Å². The number of Topliss-reactive ketones (excluding diaryl/α,β-unsaturated/α-hetero) is 1. The summed E-state index contributed by atoms with van der Waals surface area (Å²) in [4.78, 5) is 12.6. The number of ketones is 1. The van der Waals surface area contributed by atoms with Gasteiger partial charge in [-0.3, -0.25) is 4.79 Å². The lowest BCUT2D eigenvalue weighted by Gasteiger charge is -2.22. The van der Waals surface area contributed by atoms with Crippen molar-refractivity contribution in [3.05, 3.63) is 103 Å². The van der Waals surface area contributed by atoms with Gasteiger partial charge < -0.3 is 9.05 Å². The van der Waals surface area contributed by atoms with Gasteiger partial charge in [0, 0.05) is 5.56 Å². The average molecular weight is 378 g/mol. The summed E-state index contributed by atoms with van der Waals surface area (Å²) in [7, 11) is -3.91. The second-order valence-corrected chi connectivity index (χ2v) is 7.77. The molecule has 0 saturated carbocycles. The molecule has 0 atom stereocenters. The van der Waals surface area contributed by atoms with Crippen LogP contribution in [0.4, 0.5) is 0 Å². The highest BCUT2D eigenvalue weighted by Gasteiger charge is 2.35. The third kappa shape index (κ3) is 4.36. The zero-order valence-corrected chi connectivity index (χ0v) is 15.8. The van der Waals surface area contributed by atoms with Crippen LogP contribution in [0.5, 0.6) is 11.5 Å². The lowest BCUT2D eigenvalue weighted by Crippen LogP contribution is -2.22. The summed E-state index contributed by atoms with van der Waals surface area (Å²) in [5.74, 6) is 0.461.